The predicted molar refractivity (Wildman–Crippen MR) is 80.8 cm³/mol. The summed E-state index contributed by atoms with van der Waals surface area (Å²) < 4.78 is 39.3. The second kappa shape index (κ2) is 6.91. The summed E-state index contributed by atoms with van der Waals surface area (Å²) >= 11 is 5.63. The second-order valence-corrected chi connectivity index (χ2v) is 5.93. The average molecular weight is 320 g/mol. The molecule has 2 rings (SSSR count). The highest BCUT2D eigenvalue weighted by Gasteiger charge is 2.33. The fraction of sp³-hybridized carbons (Fsp3) is 0.625. The third-order valence-electron chi connectivity index (χ3n) is 4.33. The molecule has 0 aromatic heterocycles. The molecule has 0 amide bonds. The zero-order valence-corrected chi connectivity index (χ0v) is 13.0. The molecule has 1 unspecified atom stereocenters. The standard InChI is InChI=1S/C16H21ClF3N/c1-2-12-4-3-8-21(9-7-12)14-6-5-13(11-17)15(10-14)16(18,19)20/h5-6,10,12H,2-4,7-9,11H2,1H3. The quantitative estimate of drug-likeness (QED) is 0.669. The Morgan fingerprint density at radius 1 is 1.24 bits per heavy atom. The number of anilines is 1. The fourth-order valence-corrected chi connectivity index (χ4v) is 3.21. The van der Waals surface area contributed by atoms with E-state index in [4.69, 9.17) is 11.6 Å². The number of nitrogens with zero attached hydrogens (tertiary/aromatic N) is 1. The molecule has 0 saturated carbocycles. The molecular formula is C16H21ClF3N. The summed E-state index contributed by atoms with van der Waals surface area (Å²) in [5.74, 6) is 0.576. The normalized spacial score (nSPS) is 20.4. The molecule has 0 spiro atoms. The number of benzene rings is 1. The van der Waals surface area contributed by atoms with Gasteiger partial charge in [0, 0.05) is 24.7 Å². The van der Waals surface area contributed by atoms with Crippen molar-refractivity contribution in [2.75, 3.05) is 18.0 Å². The van der Waals surface area contributed by atoms with Gasteiger partial charge in [0.25, 0.3) is 0 Å². The predicted octanol–water partition coefficient (Wildman–Crippen LogP) is 5.46. The van der Waals surface area contributed by atoms with Crippen LogP contribution in [0.25, 0.3) is 0 Å². The molecule has 1 aromatic carbocycles. The van der Waals surface area contributed by atoms with E-state index < -0.39 is 11.7 Å². The number of hydrogen-bond acceptors (Lipinski definition) is 1. The van der Waals surface area contributed by atoms with Crippen LogP contribution in [0.1, 0.15) is 43.7 Å². The van der Waals surface area contributed by atoms with Crippen LogP contribution in [0.15, 0.2) is 18.2 Å². The summed E-state index contributed by atoms with van der Waals surface area (Å²) in [5, 5.41) is 0. The Morgan fingerprint density at radius 3 is 2.62 bits per heavy atom. The molecule has 1 aliphatic rings. The van der Waals surface area contributed by atoms with Gasteiger partial charge in [0.05, 0.1) is 5.56 Å². The van der Waals surface area contributed by atoms with Gasteiger partial charge in [-0.1, -0.05) is 19.4 Å². The van der Waals surface area contributed by atoms with Crippen LogP contribution in [-0.4, -0.2) is 13.1 Å². The summed E-state index contributed by atoms with van der Waals surface area (Å²) in [4.78, 5) is 2.07. The van der Waals surface area contributed by atoms with Crippen molar-refractivity contribution in [3.8, 4) is 0 Å². The molecule has 0 bridgehead atoms. The molecule has 1 atom stereocenters. The van der Waals surface area contributed by atoms with E-state index in [0.29, 0.717) is 11.6 Å². The molecule has 5 heteroatoms. The van der Waals surface area contributed by atoms with Crippen molar-refractivity contribution >= 4 is 17.3 Å². The zero-order valence-electron chi connectivity index (χ0n) is 12.2. The Labute approximate surface area is 129 Å². The highest BCUT2D eigenvalue weighted by Crippen LogP contribution is 2.36. The smallest absolute Gasteiger partial charge is 0.372 e. The summed E-state index contributed by atoms with van der Waals surface area (Å²) in [5.41, 5.74) is 0.202. The molecular weight excluding hydrogens is 299 g/mol. The number of hydrogen-bond donors (Lipinski definition) is 0. The highest BCUT2D eigenvalue weighted by molar-refractivity contribution is 6.17. The van der Waals surface area contributed by atoms with Crippen molar-refractivity contribution in [1.82, 2.24) is 0 Å². The Morgan fingerprint density at radius 2 is 2.00 bits per heavy atom. The van der Waals surface area contributed by atoms with Gasteiger partial charge in [0.15, 0.2) is 0 Å². The Hall–Kier alpha value is -0.900. The third-order valence-corrected chi connectivity index (χ3v) is 4.62. The van der Waals surface area contributed by atoms with Gasteiger partial charge in [-0.25, -0.2) is 0 Å². The lowest BCUT2D eigenvalue weighted by atomic mass is 9.98. The van der Waals surface area contributed by atoms with Gasteiger partial charge in [-0.3, -0.25) is 0 Å². The highest BCUT2D eigenvalue weighted by atomic mass is 35.5. The van der Waals surface area contributed by atoms with E-state index in [1.54, 1.807) is 6.07 Å². The maximum atomic E-state index is 13.1. The van der Waals surface area contributed by atoms with Gasteiger partial charge >= 0.3 is 6.18 Å². The fourth-order valence-electron chi connectivity index (χ4n) is 2.97. The SMILES string of the molecule is CCC1CCCN(c2ccc(CCl)c(C(F)(F)F)c2)CC1. The molecule has 1 aliphatic heterocycles. The van der Waals surface area contributed by atoms with E-state index in [-0.39, 0.29) is 11.4 Å². The first-order valence-electron chi connectivity index (χ1n) is 7.46. The average Bonchev–Trinajstić information content (AvgIpc) is 2.71. The Balaban J connectivity index is 2.24. The molecule has 1 heterocycles. The molecule has 1 saturated heterocycles. The van der Waals surface area contributed by atoms with Crippen molar-refractivity contribution < 1.29 is 13.2 Å². The lowest BCUT2D eigenvalue weighted by Gasteiger charge is -2.24. The first kappa shape index (κ1) is 16.5. The lowest BCUT2D eigenvalue weighted by molar-refractivity contribution is -0.138. The van der Waals surface area contributed by atoms with Crippen molar-refractivity contribution in [3.63, 3.8) is 0 Å². The number of halogens is 4. The Bertz CT molecular complexity index is 473. The topological polar surface area (TPSA) is 3.24 Å². The van der Waals surface area contributed by atoms with E-state index >= 15 is 0 Å². The van der Waals surface area contributed by atoms with E-state index in [2.05, 4.69) is 11.8 Å². The monoisotopic (exact) mass is 319 g/mol. The first-order chi connectivity index (χ1) is 9.95. The minimum Gasteiger partial charge on any atom is -0.372 e. The molecule has 21 heavy (non-hydrogen) atoms. The van der Waals surface area contributed by atoms with Crippen LogP contribution < -0.4 is 4.90 Å². The van der Waals surface area contributed by atoms with Gasteiger partial charge in [-0.05, 0) is 42.9 Å². The van der Waals surface area contributed by atoms with Crippen LogP contribution in [0.5, 0.6) is 0 Å². The maximum Gasteiger partial charge on any atom is 0.416 e. The molecule has 0 radical (unpaired) electrons. The van der Waals surface area contributed by atoms with E-state index in [0.717, 1.165) is 32.4 Å². The second-order valence-electron chi connectivity index (χ2n) is 5.67. The van der Waals surface area contributed by atoms with Crippen molar-refractivity contribution in [2.45, 2.75) is 44.7 Å². The molecule has 1 aromatic rings. The van der Waals surface area contributed by atoms with Crippen molar-refractivity contribution in [3.05, 3.63) is 29.3 Å². The molecule has 0 N–H and O–H groups in total. The molecule has 118 valence electrons. The van der Waals surface area contributed by atoms with Crippen LogP contribution in [0, 0.1) is 5.92 Å². The number of alkyl halides is 4. The largest absolute Gasteiger partial charge is 0.416 e. The van der Waals surface area contributed by atoms with Crippen molar-refractivity contribution in [2.24, 2.45) is 5.92 Å². The van der Waals surface area contributed by atoms with Gasteiger partial charge in [-0.2, -0.15) is 13.2 Å². The lowest BCUT2D eigenvalue weighted by Crippen LogP contribution is -2.25. The molecule has 0 aliphatic carbocycles. The van der Waals surface area contributed by atoms with E-state index in [1.165, 1.54) is 18.6 Å². The van der Waals surface area contributed by atoms with Gasteiger partial charge in [0.1, 0.15) is 0 Å². The van der Waals surface area contributed by atoms with E-state index in [9.17, 15) is 13.2 Å². The van der Waals surface area contributed by atoms with Gasteiger partial charge in [0.2, 0.25) is 0 Å². The Kier molecular flexibility index (Phi) is 5.42. The van der Waals surface area contributed by atoms with E-state index in [1.807, 2.05) is 0 Å². The summed E-state index contributed by atoms with van der Waals surface area (Å²) in [6.07, 6.45) is 0.0516. The van der Waals surface area contributed by atoms with Crippen LogP contribution in [0.2, 0.25) is 0 Å². The first-order valence-corrected chi connectivity index (χ1v) is 8.00. The minimum absolute atomic E-state index is 0.118. The van der Waals surface area contributed by atoms with Crippen LogP contribution in [0.3, 0.4) is 0 Å². The third kappa shape index (κ3) is 4.06. The minimum atomic E-state index is -4.35. The van der Waals surface area contributed by atoms with Crippen molar-refractivity contribution in [1.29, 1.82) is 0 Å². The van der Waals surface area contributed by atoms with Crippen LogP contribution in [-0.2, 0) is 12.1 Å². The summed E-state index contributed by atoms with van der Waals surface area (Å²) in [7, 11) is 0. The number of rotatable bonds is 3. The van der Waals surface area contributed by atoms with Gasteiger partial charge in [-0.15, -0.1) is 11.6 Å². The summed E-state index contributed by atoms with van der Waals surface area (Å²) in [6.45, 7) is 3.83. The molecule has 1 fully saturated rings. The van der Waals surface area contributed by atoms with Crippen LogP contribution in [0.4, 0.5) is 18.9 Å². The zero-order chi connectivity index (χ0) is 15.5. The maximum absolute atomic E-state index is 13.1. The summed E-state index contributed by atoms with van der Waals surface area (Å²) in [6, 6.07) is 4.52. The van der Waals surface area contributed by atoms with Crippen LogP contribution >= 0.6 is 11.6 Å². The van der Waals surface area contributed by atoms with Gasteiger partial charge < -0.3 is 4.90 Å². The molecule has 1 nitrogen and oxygen atoms in total.